The van der Waals surface area contributed by atoms with E-state index >= 15 is 0 Å². The van der Waals surface area contributed by atoms with Crippen molar-refractivity contribution in [3.63, 3.8) is 0 Å². The maximum atomic E-state index is 12.1. The second-order valence-corrected chi connectivity index (χ2v) is 7.01. The fourth-order valence-corrected chi connectivity index (χ4v) is 2.80. The molecule has 2 aromatic rings. The first-order chi connectivity index (χ1) is 9.39. The van der Waals surface area contributed by atoms with Gasteiger partial charge in [0.1, 0.15) is 0 Å². The molecule has 0 saturated carbocycles. The zero-order valence-corrected chi connectivity index (χ0v) is 12.7. The van der Waals surface area contributed by atoms with E-state index in [2.05, 4.69) is 5.32 Å². The number of hydrogen-bond donors (Lipinski definition) is 1. The molecule has 0 bridgehead atoms. The second-order valence-electron chi connectivity index (χ2n) is 4.85. The van der Waals surface area contributed by atoms with Crippen LogP contribution in [0.25, 0.3) is 0 Å². The fourth-order valence-electron chi connectivity index (χ4n) is 1.85. The van der Waals surface area contributed by atoms with Gasteiger partial charge in [0.15, 0.2) is 0 Å². The van der Waals surface area contributed by atoms with Crippen LogP contribution in [0.15, 0.2) is 47.6 Å². The molecule has 0 fully saturated rings. The lowest BCUT2D eigenvalue weighted by molar-refractivity contribution is 0.521. The minimum atomic E-state index is -3.39. The summed E-state index contributed by atoms with van der Waals surface area (Å²) in [4.78, 5) is 0.292. The van der Waals surface area contributed by atoms with E-state index < -0.39 is 10.0 Å². The van der Waals surface area contributed by atoms with Gasteiger partial charge in [0.2, 0.25) is 10.0 Å². The molecule has 0 aliphatic heterocycles. The van der Waals surface area contributed by atoms with Crippen molar-refractivity contribution >= 4 is 15.7 Å². The van der Waals surface area contributed by atoms with Crippen molar-refractivity contribution in [3.05, 3.63) is 48.3 Å². The third-order valence-electron chi connectivity index (χ3n) is 3.00. The molecule has 1 N–H and O–H groups in total. The van der Waals surface area contributed by atoms with E-state index in [0.29, 0.717) is 11.4 Å². The van der Waals surface area contributed by atoms with Gasteiger partial charge in [-0.25, -0.2) is 12.7 Å². The van der Waals surface area contributed by atoms with E-state index in [1.165, 1.54) is 18.4 Å². The van der Waals surface area contributed by atoms with Gasteiger partial charge >= 0.3 is 0 Å². The Labute approximate surface area is 119 Å². The topological polar surface area (TPSA) is 54.3 Å². The predicted molar refractivity (Wildman–Crippen MR) is 80.1 cm³/mol. The molecule has 0 unspecified atom stereocenters. The summed E-state index contributed by atoms with van der Waals surface area (Å²) in [5, 5.41) is 3.23. The number of nitrogens with one attached hydrogen (secondary N) is 1. The summed E-state index contributed by atoms with van der Waals surface area (Å²) in [5.41, 5.74) is 1.94. The monoisotopic (exact) mass is 293 g/mol. The van der Waals surface area contributed by atoms with Crippen molar-refractivity contribution in [2.75, 3.05) is 19.4 Å². The first kappa shape index (κ1) is 14.6. The largest absolute Gasteiger partial charge is 0.381 e. The Morgan fingerprint density at radius 1 is 1.25 bits per heavy atom. The smallest absolute Gasteiger partial charge is 0.242 e. The lowest BCUT2D eigenvalue weighted by Crippen LogP contribution is -2.22. The molecule has 0 amide bonds. The van der Waals surface area contributed by atoms with Crippen LogP contribution in [0.1, 0.15) is 5.56 Å². The molecule has 0 saturated heterocycles. The van der Waals surface area contributed by atoms with Gasteiger partial charge in [-0.2, -0.15) is 0 Å². The quantitative estimate of drug-likeness (QED) is 0.916. The Hall–Kier alpha value is -1.79. The molecule has 6 heteroatoms. The van der Waals surface area contributed by atoms with Crippen LogP contribution < -0.4 is 5.32 Å². The Balaban J connectivity index is 2.14. The summed E-state index contributed by atoms with van der Waals surface area (Å²) in [5.74, 6) is 0. The molecule has 0 atom stereocenters. The van der Waals surface area contributed by atoms with Gasteiger partial charge in [0.05, 0.1) is 4.90 Å². The zero-order valence-electron chi connectivity index (χ0n) is 11.9. The van der Waals surface area contributed by atoms with E-state index in [-0.39, 0.29) is 0 Å². The molecular formula is C14H19N3O2S. The van der Waals surface area contributed by atoms with Crippen molar-refractivity contribution in [1.29, 1.82) is 0 Å². The molecule has 2 rings (SSSR count). The van der Waals surface area contributed by atoms with E-state index in [1.807, 2.05) is 36.1 Å². The molecule has 0 spiro atoms. The fraction of sp³-hybridized carbons (Fsp3) is 0.286. The highest BCUT2D eigenvalue weighted by molar-refractivity contribution is 7.89. The first-order valence-electron chi connectivity index (χ1n) is 6.27. The van der Waals surface area contributed by atoms with Crippen LogP contribution in [0, 0.1) is 0 Å². The minimum Gasteiger partial charge on any atom is -0.381 e. The van der Waals surface area contributed by atoms with Crippen molar-refractivity contribution in [3.8, 4) is 0 Å². The summed E-state index contributed by atoms with van der Waals surface area (Å²) < 4.78 is 27.3. The minimum absolute atomic E-state index is 0.292. The van der Waals surface area contributed by atoms with Gasteiger partial charge in [0.25, 0.3) is 0 Å². The molecular weight excluding hydrogens is 274 g/mol. The number of aromatic nitrogens is 1. The van der Waals surface area contributed by atoms with Gasteiger partial charge in [-0.15, -0.1) is 0 Å². The highest BCUT2D eigenvalue weighted by Crippen LogP contribution is 2.18. The van der Waals surface area contributed by atoms with Crippen molar-refractivity contribution < 1.29 is 8.42 Å². The highest BCUT2D eigenvalue weighted by Gasteiger charge is 2.16. The number of benzene rings is 1. The summed E-state index contributed by atoms with van der Waals surface area (Å²) in [6.07, 6.45) is 4.00. The van der Waals surface area contributed by atoms with Crippen LogP contribution in [-0.2, 0) is 23.6 Å². The average Bonchev–Trinajstić information content (AvgIpc) is 2.82. The summed E-state index contributed by atoms with van der Waals surface area (Å²) in [6.45, 7) is 0.659. The number of aryl methyl sites for hydroxylation is 1. The SMILES string of the molecule is CN(C)S(=O)(=O)c1cccc(NCc2ccn(C)c2)c1. The summed E-state index contributed by atoms with van der Waals surface area (Å²) in [6, 6.07) is 8.87. The third kappa shape index (κ3) is 3.20. The van der Waals surface area contributed by atoms with E-state index in [0.717, 1.165) is 11.3 Å². The zero-order chi connectivity index (χ0) is 14.8. The molecule has 0 aliphatic rings. The standard InChI is InChI=1S/C14H19N3O2S/c1-16(2)20(18,19)14-6-4-5-13(9-14)15-10-12-7-8-17(3)11-12/h4-9,11,15H,10H2,1-3H3. The Morgan fingerprint density at radius 3 is 2.60 bits per heavy atom. The van der Waals surface area contributed by atoms with Gasteiger partial charge < -0.3 is 9.88 Å². The maximum absolute atomic E-state index is 12.1. The molecule has 5 nitrogen and oxygen atoms in total. The molecule has 1 aromatic heterocycles. The molecule has 20 heavy (non-hydrogen) atoms. The van der Waals surface area contributed by atoms with Crippen LogP contribution >= 0.6 is 0 Å². The molecule has 0 aliphatic carbocycles. The molecule has 1 aromatic carbocycles. The number of rotatable bonds is 5. The third-order valence-corrected chi connectivity index (χ3v) is 4.81. The van der Waals surface area contributed by atoms with Gasteiger partial charge in [0, 0.05) is 45.8 Å². The Kier molecular flexibility index (Phi) is 4.15. The van der Waals surface area contributed by atoms with Crippen molar-refractivity contribution in [2.45, 2.75) is 11.4 Å². The van der Waals surface area contributed by atoms with E-state index in [9.17, 15) is 8.42 Å². The molecule has 0 radical (unpaired) electrons. The normalized spacial score (nSPS) is 11.8. The number of sulfonamides is 1. The van der Waals surface area contributed by atoms with E-state index in [4.69, 9.17) is 0 Å². The van der Waals surface area contributed by atoms with Crippen LogP contribution in [0.4, 0.5) is 5.69 Å². The highest BCUT2D eigenvalue weighted by atomic mass is 32.2. The van der Waals surface area contributed by atoms with Crippen molar-refractivity contribution in [1.82, 2.24) is 8.87 Å². The maximum Gasteiger partial charge on any atom is 0.242 e. The first-order valence-corrected chi connectivity index (χ1v) is 7.71. The number of anilines is 1. The summed E-state index contributed by atoms with van der Waals surface area (Å²) in [7, 11) is 1.63. The lowest BCUT2D eigenvalue weighted by Gasteiger charge is -2.13. The van der Waals surface area contributed by atoms with Gasteiger partial charge in [-0.3, -0.25) is 0 Å². The number of nitrogens with zero attached hydrogens (tertiary/aromatic N) is 2. The van der Waals surface area contributed by atoms with Crippen LogP contribution in [0.2, 0.25) is 0 Å². The average molecular weight is 293 g/mol. The van der Waals surface area contributed by atoms with Crippen molar-refractivity contribution in [2.24, 2.45) is 7.05 Å². The molecule has 1 heterocycles. The number of hydrogen-bond acceptors (Lipinski definition) is 3. The Bertz CT molecular complexity index is 690. The molecule has 108 valence electrons. The summed E-state index contributed by atoms with van der Waals surface area (Å²) >= 11 is 0. The second kappa shape index (κ2) is 5.68. The van der Waals surface area contributed by atoms with Gasteiger partial charge in [-0.05, 0) is 29.8 Å². The van der Waals surface area contributed by atoms with Crippen LogP contribution in [0.5, 0.6) is 0 Å². The Morgan fingerprint density at radius 2 is 2.00 bits per heavy atom. The van der Waals surface area contributed by atoms with Crippen LogP contribution in [0.3, 0.4) is 0 Å². The van der Waals surface area contributed by atoms with Gasteiger partial charge in [-0.1, -0.05) is 6.07 Å². The lowest BCUT2D eigenvalue weighted by atomic mass is 10.3. The van der Waals surface area contributed by atoms with Crippen LogP contribution in [-0.4, -0.2) is 31.4 Å². The van der Waals surface area contributed by atoms with E-state index in [1.54, 1.807) is 18.2 Å². The predicted octanol–water partition coefficient (Wildman–Crippen LogP) is 1.89.